The van der Waals surface area contributed by atoms with Gasteiger partial charge in [-0.05, 0) is 37.0 Å². The maximum Gasteiger partial charge on any atom is 0.270 e. The van der Waals surface area contributed by atoms with Crippen LogP contribution in [0.2, 0.25) is 0 Å². The second-order valence-electron chi connectivity index (χ2n) is 9.00. The molecule has 0 unspecified atom stereocenters. The summed E-state index contributed by atoms with van der Waals surface area (Å²) in [4.78, 5) is 27.6. The van der Waals surface area contributed by atoms with Crippen LogP contribution in [0.1, 0.15) is 42.5 Å². The van der Waals surface area contributed by atoms with Crippen LogP contribution in [0.4, 0.5) is 11.4 Å². The molecule has 10 heteroatoms. The van der Waals surface area contributed by atoms with Gasteiger partial charge in [0.15, 0.2) is 0 Å². The number of rotatable bonds is 7. The van der Waals surface area contributed by atoms with E-state index in [0.717, 1.165) is 31.6 Å². The van der Waals surface area contributed by atoms with Crippen molar-refractivity contribution in [1.29, 1.82) is 0 Å². The lowest BCUT2D eigenvalue weighted by atomic mass is 9.89. The van der Waals surface area contributed by atoms with Crippen molar-refractivity contribution in [3.05, 3.63) is 64.2 Å². The van der Waals surface area contributed by atoms with Crippen LogP contribution in [-0.4, -0.2) is 61.8 Å². The normalized spacial score (nSPS) is 17.9. The van der Waals surface area contributed by atoms with Gasteiger partial charge >= 0.3 is 0 Å². The molecule has 1 aliphatic carbocycles. The fourth-order valence-electron chi connectivity index (χ4n) is 4.77. The molecule has 1 aliphatic heterocycles. The fraction of sp³-hybridized carbons (Fsp3) is 0.458. The van der Waals surface area contributed by atoms with Gasteiger partial charge in [-0.3, -0.25) is 24.5 Å². The van der Waals surface area contributed by atoms with Gasteiger partial charge in [-0.25, -0.2) is 8.42 Å². The Bertz CT molecular complexity index is 1140. The van der Waals surface area contributed by atoms with E-state index in [-0.39, 0.29) is 27.7 Å². The molecule has 34 heavy (non-hydrogen) atoms. The molecule has 2 aliphatic rings. The molecule has 1 N–H and O–H groups in total. The van der Waals surface area contributed by atoms with E-state index >= 15 is 0 Å². The second kappa shape index (κ2) is 10.5. The lowest BCUT2D eigenvalue weighted by Crippen LogP contribution is -2.50. The van der Waals surface area contributed by atoms with Gasteiger partial charge in [0.25, 0.3) is 21.6 Å². The SMILES string of the molecule is O=C(c1ccccc1NS(=O)(=O)c1cccc([N+](=O)[O-])c1)N1CCN(CC2CCCCC2)CC1. The Balaban J connectivity index is 1.43. The van der Waals surface area contributed by atoms with Crippen molar-refractivity contribution in [3.63, 3.8) is 0 Å². The van der Waals surface area contributed by atoms with Crippen molar-refractivity contribution in [2.45, 2.75) is 37.0 Å². The number of nitro benzene ring substituents is 1. The lowest BCUT2D eigenvalue weighted by molar-refractivity contribution is -0.385. The molecule has 1 saturated heterocycles. The Hall–Kier alpha value is -2.98. The number of nitrogens with one attached hydrogen (secondary N) is 1. The molecule has 2 aromatic carbocycles. The van der Waals surface area contributed by atoms with Crippen LogP contribution in [-0.2, 0) is 10.0 Å². The van der Waals surface area contributed by atoms with Gasteiger partial charge < -0.3 is 4.90 Å². The number of nitrogens with zero attached hydrogens (tertiary/aromatic N) is 3. The first-order chi connectivity index (χ1) is 16.3. The zero-order valence-corrected chi connectivity index (χ0v) is 19.9. The first kappa shape index (κ1) is 24.2. The summed E-state index contributed by atoms with van der Waals surface area (Å²) in [5.41, 5.74) is 0.0965. The van der Waals surface area contributed by atoms with Crippen LogP contribution in [0.25, 0.3) is 0 Å². The maximum atomic E-state index is 13.3. The van der Waals surface area contributed by atoms with Crippen molar-refractivity contribution in [2.75, 3.05) is 37.4 Å². The van der Waals surface area contributed by atoms with Crippen molar-refractivity contribution in [3.8, 4) is 0 Å². The third kappa shape index (κ3) is 5.74. The summed E-state index contributed by atoms with van der Waals surface area (Å²) in [5.74, 6) is 0.523. The zero-order chi connectivity index (χ0) is 24.1. The molecule has 2 aromatic rings. The molecule has 2 fully saturated rings. The van der Waals surface area contributed by atoms with E-state index in [0.29, 0.717) is 13.1 Å². The fourth-order valence-corrected chi connectivity index (χ4v) is 5.88. The van der Waals surface area contributed by atoms with Gasteiger partial charge in [0.1, 0.15) is 0 Å². The third-order valence-corrected chi connectivity index (χ3v) is 8.00. The van der Waals surface area contributed by atoms with Gasteiger partial charge in [-0.15, -0.1) is 0 Å². The number of hydrogen-bond donors (Lipinski definition) is 1. The number of benzene rings is 2. The Kier molecular flexibility index (Phi) is 7.47. The molecular weight excluding hydrogens is 456 g/mol. The summed E-state index contributed by atoms with van der Waals surface area (Å²) in [6.45, 7) is 3.89. The number of carbonyl (C=O) groups excluding carboxylic acids is 1. The highest BCUT2D eigenvalue weighted by Gasteiger charge is 2.27. The number of sulfonamides is 1. The quantitative estimate of drug-likeness (QED) is 0.471. The highest BCUT2D eigenvalue weighted by Crippen LogP contribution is 2.26. The smallest absolute Gasteiger partial charge is 0.270 e. The Morgan fingerprint density at radius 2 is 1.71 bits per heavy atom. The third-order valence-electron chi connectivity index (χ3n) is 6.64. The van der Waals surface area contributed by atoms with Crippen molar-refractivity contribution in [2.24, 2.45) is 5.92 Å². The standard InChI is InChI=1S/C24H30N4O5S/c29-24(27-15-13-26(14-16-27)18-19-7-2-1-3-8-19)22-11-4-5-12-23(22)25-34(32,33)21-10-6-9-20(17-21)28(30)31/h4-6,9-12,17,19,25H,1-3,7-8,13-16,18H2. The van der Waals surface area contributed by atoms with Crippen LogP contribution in [0.5, 0.6) is 0 Å². The molecule has 0 bridgehead atoms. The van der Waals surface area contributed by atoms with E-state index in [1.807, 2.05) is 0 Å². The number of para-hydroxylation sites is 1. The molecule has 0 atom stereocenters. The molecule has 0 radical (unpaired) electrons. The van der Waals surface area contributed by atoms with E-state index in [2.05, 4.69) is 9.62 Å². The molecular formula is C24H30N4O5S. The van der Waals surface area contributed by atoms with Crippen LogP contribution in [0.3, 0.4) is 0 Å². The summed E-state index contributed by atoms with van der Waals surface area (Å²) in [6, 6.07) is 11.3. The lowest BCUT2D eigenvalue weighted by Gasteiger charge is -2.37. The molecule has 1 heterocycles. The summed E-state index contributed by atoms with van der Waals surface area (Å²) in [7, 11) is -4.11. The van der Waals surface area contributed by atoms with Gasteiger partial charge in [-0.1, -0.05) is 37.5 Å². The number of nitro groups is 1. The maximum absolute atomic E-state index is 13.3. The minimum absolute atomic E-state index is 0.156. The van der Waals surface area contributed by atoms with Crippen LogP contribution in [0, 0.1) is 16.0 Å². The predicted octanol–water partition coefficient (Wildman–Crippen LogP) is 3.73. The highest BCUT2D eigenvalue weighted by molar-refractivity contribution is 7.92. The van der Waals surface area contributed by atoms with E-state index in [4.69, 9.17) is 0 Å². The minimum atomic E-state index is -4.11. The van der Waals surface area contributed by atoms with E-state index < -0.39 is 14.9 Å². The monoisotopic (exact) mass is 486 g/mol. The zero-order valence-electron chi connectivity index (χ0n) is 19.1. The number of anilines is 1. The van der Waals surface area contributed by atoms with Gasteiger partial charge in [0, 0.05) is 44.9 Å². The molecule has 4 rings (SSSR count). The van der Waals surface area contributed by atoms with Crippen LogP contribution in [0.15, 0.2) is 53.4 Å². The number of hydrogen-bond acceptors (Lipinski definition) is 6. The average Bonchev–Trinajstić information content (AvgIpc) is 2.85. The Labute approximate surface area is 200 Å². The molecule has 0 aromatic heterocycles. The van der Waals surface area contributed by atoms with Crippen molar-refractivity contribution < 1.29 is 18.1 Å². The van der Waals surface area contributed by atoms with E-state index in [1.54, 1.807) is 23.1 Å². The molecule has 182 valence electrons. The molecule has 9 nitrogen and oxygen atoms in total. The second-order valence-corrected chi connectivity index (χ2v) is 10.7. The first-order valence-electron chi connectivity index (χ1n) is 11.7. The van der Waals surface area contributed by atoms with Crippen LogP contribution >= 0.6 is 0 Å². The van der Waals surface area contributed by atoms with Crippen molar-refractivity contribution >= 4 is 27.3 Å². The van der Waals surface area contributed by atoms with Gasteiger partial charge in [0.2, 0.25) is 0 Å². The average molecular weight is 487 g/mol. The molecule has 0 spiro atoms. The number of non-ortho nitro benzene ring substituents is 1. The summed E-state index contributed by atoms with van der Waals surface area (Å²) < 4.78 is 28.2. The minimum Gasteiger partial charge on any atom is -0.336 e. The Morgan fingerprint density at radius 3 is 2.41 bits per heavy atom. The van der Waals surface area contributed by atoms with Crippen molar-refractivity contribution in [1.82, 2.24) is 9.80 Å². The predicted molar refractivity (Wildman–Crippen MR) is 129 cm³/mol. The molecule has 1 amide bonds. The summed E-state index contributed by atoms with van der Waals surface area (Å²) >= 11 is 0. The number of carbonyl (C=O) groups is 1. The first-order valence-corrected chi connectivity index (χ1v) is 13.2. The largest absolute Gasteiger partial charge is 0.336 e. The van der Waals surface area contributed by atoms with E-state index in [1.165, 1.54) is 56.4 Å². The summed E-state index contributed by atoms with van der Waals surface area (Å²) in [5, 5.41) is 11.0. The Morgan fingerprint density at radius 1 is 1.00 bits per heavy atom. The van der Waals surface area contributed by atoms with E-state index in [9.17, 15) is 23.3 Å². The van der Waals surface area contributed by atoms with Crippen LogP contribution < -0.4 is 4.72 Å². The molecule has 1 saturated carbocycles. The van der Waals surface area contributed by atoms with Gasteiger partial charge in [0.05, 0.1) is 21.1 Å². The number of amides is 1. The highest BCUT2D eigenvalue weighted by atomic mass is 32.2. The topological polar surface area (TPSA) is 113 Å². The summed E-state index contributed by atoms with van der Waals surface area (Å²) in [6.07, 6.45) is 6.54. The van der Waals surface area contributed by atoms with Gasteiger partial charge in [-0.2, -0.15) is 0 Å². The number of piperazine rings is 1.